The lowest BCUT2D eigenvalue weighted by Gasteiger charge is -2.35. The van der Waals surface area contributed by atoms with Crippen LogP contribution in [0.25, 0.3) is 0 Å². The fourth-order valence-corrected chi connectivity index (χ4v) is 4.33. The van der Waals surface area contributed by atoms with E-state index in [0.29, 0.717) is 5.71 Å². The van der Waals surface area contributed by atoms with Crippen LogP contribution in [0.1, 0.15) is 44.1 Å². The van der Waals surface area contributed by atoms with E-state index in [1.807, 2.05) is 54.6 Å². The number of rotatable bonds is 5. The van der Waals surface area contributed by atoms with Gasteiger partial charge in [-0.25, -0.2) is 0 Å². The van der Waals surface area contributed by atoms with Gasteiger partial charge in [0.1, 0.15) is 23.7 Å². The monoisotopic (exact) mass is 405 g/mol. The summed E-state index contributed by atoms with van der Waals surface area (Å²) in [6.45, 7) is -0.00309. The number of hydrogen-bond acceptors (Lipinski definition) is 4. The SMILES string of the molecule is COc1ccc(C2=NC3(CCCCCC3)N(CC(=O)Nc3ccccc3)C2=O)cc1. The number of nitrogens with one attached hydrogen (secondary N) is 1. The van der Waals surface area contributed by atoms with E-state index in [0.717, 1.165) is 55.5 Å². The Kier molecular flexibility index (Phi) is 5.84. The van der Waals surface area contributed by atoms with Crippen LogP contribution >= 0.6 is 0 Å². The molecule has 30 heavy (non-hydrogen) atoms. The minimum absolute atomic E-state index is 0.00309. The number of carbonyl (C=O) groups is 2. The van der Waals surface area contributed by atoms with Gasteiger partial charge in [0.2, 0.25) is 5.91 Å². The minimum Gasteiger partial charge on any atom is -0.497 e. The Morgan fingerprint density at radius 3 is 2.33 bits per heavy atom. The molecule has 156 valence electrons. The third kappa shape index (κ3) is 4.08. The van der Waals surface area contributed by atoms with Gasteiger partial charge in [0.05, 0.1) is 7.11 Å². The first-order chi connectivity index (χ1) is 14.6. The third-order valence-electron chi connectivity index (χ3n) is 5.90. The number of nitrogens with zero attached hydrogens (tertiary/aromatic N) is 2. The van der Waals surface area contributed by atoms with Crippen LogP contribution in [-0.4, -0.2) is 41.7 Å². The standard InChI is InChI=1S/C24H27N3O3/c1-30-20-13-11-18(12-14-20)22-23(29)27(24(26-22)15-7-2-3-8-16-24)17-21(28)25-19-9-5-4-6-10-19/h4-6,9-14H,2-3,7-8,15-17H2,1H3,(H,25,28). The summed E-state index contributed by atoms with van der Waals surface area (Å²) in [6.07, 6.45) is 5.85. The number of amides is 2. The molecule has 6 nitrogen and oxygen atoms in total. The normalized spacial score (nSPS) is 18.1. The Labute approximate surface area is 176 Å². The Morgan fingerprint density at radius 1 is 1.03 bits per heavy atom. The van der Waals surface area contributed by atoms with Crippen molar-refractivity contribution < 1.29 is 14.3 Å². The van der Waals surface area contributed by atoms with Crippen molar-refractivity contribution in [2.75, 3.05) is 19.0 Å². The number of aliphatic imine (C=N–C) groups is 1. The van der Waals surface area contributed by atoms with Crippen LogP contribution in [0.4, 0.5) is 5.69 Å². The number of ether oxygens (including phenoxy) is 1. The van der Waals surface area contributed by atoms with Gasteiger partial charge in [0.25, 0.3) is 5.91 Å². The van der Waals surface area contributed by atoms with Crippen molar-refractivity contribution in [3.63, 3.8) is 0 Å². The molecule has 1 aliphatic heterocycles. The van der Waals surface area contributed by atoms with Crippen LogP contribution in [0.3, 0.4) is 0 Å². The van der Waals surface area contributed by atoms with Crippen molar-refractivity contribution in [2.24, 2.45) is 4.99 Å². The van der Waals surface area contributed by atoms with E-state index in [9.17, 15) is 9.59 Å². The summed E-state index contributed by atoms with van der Waals surface area (Å²) < 4.78 is 5.23. The van der Waals surface area contributed by atoms with Crippen LogP contribution in [0.15, 0.2) is 59.6 Å². The zero-order chi connectivity index (χ0) is 21.0. The quantitative estimate of drug-likeness (QED) is 0.817. The number of anilines is 1. The molecule has 0 radical (unpaired) electrons. The highest BCUT2D eigenvalue weighted by Crippen LogP contribution is 2.38. The maximum atomic E-state index is 13.4. The van der Waals surface area contributed by atoms with Crippen molar-refractivity contribution in [2.45, 2.75) is 44.2 Å². The van der Waals surface area contributed by atoms with Gasteiger partial charge in [-0.3, -0.25) is 14.6 Å². The van der Waals surface area contributed by atoms with Crippen molar-refractivity contribution in [1.82, 2.24) is 4.90 Å². The smallest absolute Gasteiger partial charge is 0.275 e. The molecule has 0 saturated heterocycles. The molecule has 2 aliphatic rings. The molecule has 2 aromatic carbocycles. The van der Waals surface area contributed by atoms with E-state index < -0.39 is 5.66 Å². The van der Waals surface area contributed by atoms with E-state index in [1.54, 1.807) is 12.0 Å². The van der Waals surface area contributed by atoms with Crippen molar-refractivity contribution in [3.05, 3.63) is 60.2 Å². The lowest BCUT2D eigenvalue weighted by atomic mass is 10.00. The summed E-state index contributed by atoms with van der Waals surface area (Å²) in [6, 6.07) is 16.7. The summed E-state index contributed by atoms with van der Waals surface area (Å²) >= 11 is 0. The number of carbonyl (C=O) groups excluding carboxylic acids is 2. The van der Waals surface area contributed by atoms with Gasteiger partial charge in [-0.15, -0.1) is 0 Å². The molecule has 1 heterocycles. The molecule has 0 atom stereocenters. The maximum Gasteiger partial charge on any atom is 0.275 e. The van der Waals surface area contributed by atoms with Gasteiger partial charge in [-0.2, -0.15) is 0 Å². The van der Waals surface area contributed by atoms with E-state index >= 15 is 0 Å². The molecule has 1 fully saturated rings. The van der Waals surface area contributed by atoms with Crippen LogP contribution in [0, 0.1) is 0 Å². The molecule has 2 amide bonds. The van der Waals surface area contributed by atoms with Gasteiger partial charge in [0, 0.05) is 11.3 Å². The average molecular weight is 405 g/mol. The molecular weight excluding hydrogens is 378 g/mol. The van der Waals surface area contributed by atoms with Gasteiger partial charge in [-0.1, -0.05) is 31.0 Å². The van der Waals surface area contributed by atoms with Gasteiger partial charge in [0.15, 0.2) is 0 Å². The van der Waals surface area contributed by atoms with Crippen molar-refractivity contribution >= 4 is 23.2 Å². The third-order valence-corrected chi connectivity index (χ3v) is 5.90. The molecule has 1 aliphatic carbocycles. The van der Waals surface area contributed by atoms with Gasteiger partial charge in [-0.05, 0) is 62.1 Å². The first-order valence-corrected chi connectivity index (χ1v) is 10.5. The summed E-state index contributed by atoms with van der Waals surface area (Å²) in [5, 5.41) is 2.90. The largest absolute Gasteiger partial charge is 0.497 e. The topological polar surface area (TPSA) is 71.0 Å². The number of benzene rings is 2. The molecule has 1 N–H and O–H groups in total. The summed E-state index contributed by atoms with van der Waals surface area (Å²) in [5.74, 6) is 0.350. The maximum absolute atomic E-state index is 13.4. The summed E-state index contributed by atoms with van der Waals surface area (Å²) in [5.41, 5.74) is 1.29. The van der Waals surface area contributed by atoms with E-state index in [2.05, 4.69) is 5.32 Å². The molecule has 4 rings (SSSR count). The Hall–Kier alpha value is -3.15. The average Bonchev–Trinajstić information content (AvgIpc) is 2.91. The van der Waals surface area contributed by atoms with Crippen LogP contribution < -0.4 is 10.1 Å². The lowest BCUT2D eigenvalue weighted by Crippen LogP contribution is -2.50. The first-order valence-electron chi connectivity index (χ1n) is 10.5. The molecule has 1 spiro atoms. The number of hydrogen-bond donors (Lipinski definition) is 1. The lowest BCUT2D eigenvalue weighted by molar-refractivity contribution is -0.133. The Morgan fingerprint density at radius 2 is 1.70 bits per heavy atom. The van der Waals surface area contributed by atoms with E-state index in [-0.39, 0.29) is 18.4 Å². The first kappa shape index (κ1) is 20.1. The van der Waals surface area contributed by atoms with E-state index in [4.69, 9.17) is 9.73 Å². The fraction of sp³-hybridized carbons (Fsp3) is 0.375. The Balaban J connectivity index is 1.61. The highest BCUT2D eigenvalue weighted by atomic mass is 16.5. The van der Waals surface area contributed by atoms with Crippen LogP contribution in [-0.2, 0) is 9.59 Å². The second-order valence-electron chi connectivity index (χ2n) is 7.89. The van der Waals surface area contributed by atoms with Gasteiger partial charge >= 0.3 is 0 Å². The Bertz CT molecular complexity index is 930. The number of methoxy groups -OCH3 is 1. The van der Waals surface area contributed by atoms with Crippen molar-refractivity contribution in [1.29, 1.82) is 0 Å². The van der Waals surface area contributed by atoms with Gasteiger partial charge < -0.3 is 15.0 Å². The molecular formula is C24H27N3O3. The second kappa shape index (κ2) is 8.69. The molecule has 2 aromatic rings. The predicted molar refractivity (Wildman–Crippen MR) is 117 cm³/mol. The zero-order valence-corrected chi connectivity index (χ0v) is 17.3. The van der Waals surface area contributed by atoms with Crippen LogP contribution in [0.5, 0.6) is 5.75 Å². The minimum atomic E-state index is -0.628. The molecule has 0 aromatic heterocycles. The predicted octanol–water partition coefficient (Wildman–Crippen LogP) is 4.02. The summed E-state index contributed by atoms with van der Waals surface area (Å²) in [7, 11) is 1.61. The van der Waals surface area contributed by atoms with E-state index in [1.165, 1.54) is 0 Å². The molecule has 6 heteroatoms. The molecule has 0 bridgehead atoms. The van der Waals surface area contributed by atoms with Crippen LogP contribution in [0.2, 0.25) is 0 Å². The number of para-hydroxylation sites is 1. The second-order valence-corrected chi connectivity index (χ2v) is 7.89. The van der Waals surface area contributed by atoms with Crippen molar-refractivity contribution in [3.8, 4) is 5.75 Å². The highest BCUT2D eigenvalue weighted by Gasteiger charge is 2.47. The fourth-order valence-electron chi connectivity index (χ4n) is 4.33. The highest BCUT2D eigenvalue weighted by molar-refractivity contribution is 6.47. The molecule has 1 saturated carbocycles. The molecule has 0 unspecified atom stereocenters. The summed E-state index contributed by atoms with van der Waals surface area (Å²) in [4.78, 5) is 32.8. The zero-order valence-electron chi connectivity index (χ0n) is 17.3.